The first-order valence-electron chi connectivity index (χ1n) is 8.46. The normalized spacial score (nSPS) is 54.8. The van der Waals surface area contributed by atoms with Crippen LogP contribution in [0, 0.1) is 29.1 Å². The second-order valence-electron chi connectivity index (χ2n) is 8.40. The molecule has 0 atom stereocenters. The smallest absolute Gasteiger partial charge is 0.00390 e. The van der Waals surface area contributed by atoms with Crippen LogP contribution in [-0.2, 0) is 0 Å². The van der Waals surface area contributed by atoms with Gasteiger partial charge in [0.25, 0.3) is 0 Å². The van der Waals surface area contributed by atoms with Gasteiger partial charge in [0.15, 0.2) is 0 Å². The van der Waals surface area contributed by atoms with Crippen molar-refractivity contribution in [1.29, 1.82) is 0 Å². The fraction of sp³-hybridized carbons (Fsp3) is 1.00. The number of hydrogen-bond donors (Lipinski definition) is 1. The maximum Gasteiger partial charge on any atom is 0.00390 e. The molecule has 2 N–H and O–H groups in total. The Hall–Kier alpha value is -0.0400. The van der Waals surface area contributed by atoms with Crippen LogP contribution in [0.25, 0.3) is 0 Å². The Morgan fingerprint density at radius 3 is 1.78 bits per heavy atom. The van der Waals surface area contributed by atoms with Crippen molar-refractivity contribution in [2.45, 2.75) is 76.7 Å². The van der Waals surface area contributed by atoms with Gasteiger partial charge in [0.1, 0.15) is 0 Å². The standard InChI is InChI=1S/C17H29N/c18-16-3-1-12(2-4-16)8-17-9-13-5-14(10-17)7-15(6-13)11-17/h12-16H,1-11,18H2. The molecule has 0 saturated heterocycles. The molecule has 18 heavy (non-hydrogen) atoms. The van der Waals surface area contributed by atoms with Gasteiger partial charge in [-0.05, 0) is 99.7 Å². The molecule has 0 spiro atoms. The summed E-state index contributed by atoms with van der Waals surface area (Å²) < 4.78 is 0. The first-order valence-corrected chi connectivity index (χ1v) is 8.46. The van der Waals surface area contributed by atoms with Crippen LogP contribution in [0.1, 0.15) is 70.6 Å². The average Bonchev–Trinajstić information content (AvgIpc) is 2.30. The van der Waals surface area contributed by atoms with E-state index in [2.05, 4.69) is 0 Å². The molecule has 1 nitrogen and oxygen atoms in total. The largest absolute Gasteiger partial charge is 0.328 e. The van der Waals surface area contributed by atoms with E-state index in [0.29, 0.717) is 6.04 Å². The molecule has 0 aromatic carbocycles. The lowest BCUT2D eigenvalue weighted by atomic mass is 9.48. The first-order chi connectivity index (χ1) is 8.71. The third-order valence-corrected chi connectivity index (χ3v) is 6.78. The molecule has 5 fully saturated rings. The van der Waals surface area contributed by atoms with Gasteiger partial charge in [0, 0.05) is 6.04 Å². The fourth-order valence-electron chi connectivity index (χ4n) is 6.54. The zero-order chi connectivity index (χ0) is 12.2. The van der Waals surface area contributed by atoms with Gasteiger partial charge in [-0.3, -0.25) is 0 Å². The van der Waals surface area contributed by atoms with Crippen LogP contribution in [0.15, 0.2) is 0 Å². The second-order valence-corrected chi connectivity index (χ2v) is 8.40. The Labute approximate surface area is 112 Å². The van der Waals surface area contributed by atoms with Gasteiger partial charge in [-0.15, -0.1) is 0 Å². The third kappa shape index (κ3) is 2.03. The minimum atomic E-state index is 0.526. The van der Waals surface area contributed by atoms with E-state index in [9.17, 15) is 0 Å². The summed E-state index contributed by atoms with van der Waals surface area (Å²) in [4.78, 5) is 0. The summed E-state index contributed by atoms with van der Waals surface area (Å²) in [6.45, 7) is 0. The van der Waals surface area contributed by atoms with E-state index in [1.807, 2.05) is 0 Å². The van der Waals surface area contributed by atoms with Crippen LogP contribution in [0.4, 0.5) is 0 Å². The van der Waals surface area contributed by atoms with E-state index in [0.717, 1.165) is 29.1 Å². The van der Waals surface area contributed by atoms with Crippen molar-refractivity contribution in [3.63, 3.8) is 0 Å². The van der Waals surface area contributed by atoms with Crippen molar-refractivity contribution in [1.82, 2.24) is 0 Å². The average molecular weight is 247 g/mol. The van der Waals surface area contributed by atoms with Gasteiger partial charge < -0.3 is 5.73 Å². The molecule has 0 radical (unpaired) electrons. The van der Waals surface area contributed by atoms with Crippen molar-refractivity contribution < 1.29 is 0 Å². The summed E-state index contributed by atoms with van der Waals surface area (Å²) in [5.41, 5.74) is 6.86. The molecule has 102 valence electrons. The van der Waals surface area contributed by atoms with E-state index in [-0.39, 0.29) is 0 Å². The van der Waals surface area contributed by atoms with Gasteiger partial charge in [-0.2, -0.15) is 0 Å². The molecule has 0 amide bonds. The monoisotopic (exact) mass is 247 g/mol. The molecular weight excluding hydrogens is 218 g/mol. The number of rotatable bonds is 2. The highest BCUT2D eigenvalue weighted by Gasteiger charge is 2.51. The molecule has 5 saturated carbocycles. The highest BCUT2D eigenvalue weighted by molar-refractivity contribution is 5.02. The van der Waals surface area contributed by atoms with Gasteiger partial charge in [-0.25, -0.2) is 0 Å². The predicted molar refractivity (Wildman–Crippen MR) is 75.2 cm³/mol. The molecule has 0 aliphatic heterocycles. The summed E-state index contributed by atoms with van der Waals surface area (Å²) in [6.07, 6.45) is 16.6. The van der Waals surface area contributed by atoms with Crippen molar-refractivity contribution in [3.05, 3.63) is 0 Å². The van der Waals surface area contributed by atoms with E-state index < -0.39 is 0 Å². The summed E-state index contributed by atoms with van der Waals surface area (Å²) >= 11 is 0. The summed E-state index contributed by atoms with van der Waals surface area (Å²) in [6, 6.07) is 0.526. The molecule has 5 aliphatic rings. The van der Waals surface area contributed by atoms with Crippen molar-refractivity contribution in [2.24, 2.45) is 34.8 Å². The molecule has 5 aliphatic carbocycles. The Kier molecular flexibility index (Phi) is 2.76. The quantitative estimate of drug-likeness (QED) is 0.781. The zero-order valence-corrected chi connectivity index (χ0v) is 11.7. The van der Waals surface area contributed by atoms with E-state index in [1.165, 1.54) is 25.7 Å². The Bertz CT molecular complexity index is 278. The molecule has 5 rings (SSSR count). The van der Waals surface area contributed by atoms with Crippen LogP contribution in [0.2, 0.25) is 0 Å². The molecule has 0 aromatic rings. The highest BCUT2D eigenvalue weighted by atomic mass is 14.6. The second kappa shape index (κ2) is 4.23. The minimum Gasteiger partial charge on any atom is -0.328 e. The predicted octanol–water partition coefficient (Wildman–Crippen LogP) is 4.11. The van der Waals surface area contributed by atoms with Crippen molar-refractivity contribution in [2.75, 3.05) is 0 Å². The lowest BCUT2D eigenvalue weighted by Gasteiger charge is -2.58. The van der Waals surface area contributed by atoms with Crippen LogP contribution < -0.4 is 5.73 Å². The Morgan fingerprint density at radius 2 is 1.28 bits per heavy atom. The lowest BCUT2D eigenvalue weighted by Crippen LogP contribution is -2.47. The Morgan fingerprint density at radius 1 is 0.778 bits per heavy atom. The van der Waals surface area contributed by atoms with Crippen molar-refractivity contribution in [3.8, 4) is 0 Å². The van der Waals surface area contributed by atoms with Crippen LogP contribution in [0.5, 0.6) is 0 Å². The molecule has 0 heterocycles. The summed E-state index contributed by atoms with van der Waals surface area (Å²) in [5, 5.41) is 0. The maximum absolute atomic E-state index is 6.06. The molecular formula is C17H29N. The van der Waals surface area contributed by atoms with Gasteiger partial charge in [-0.1, -0.05) is 0 Å². The van der Waals surface area contributed by atoms with Crippen LogP contribution in [-0.4, -0.2) is 6.04 Å². The maximum atomic E-state index is 6.06. The molecule has 1 heteroatoms. The van der Waals surface area contributed by atoms with Gasteiger partial charge >= 0.3 is 0 Å². The Balaban J connectivity index is 1.44. The highest BCUT2D eigenvalue weighted by Crippen LogP contribution is 2.62. The zero-order valence-electron chi connectivity index (χ0n) is 11.7. The lowest BCUT2D eigenvalue weighted by molar-refractivity contribution is -0.0677. The van der Waals surface area contributed by atoms with E-state index in [4.69, 9.17) is 5.73 Å². The van der Waals surface area contributed by atoms with Crippen molar-refractivity contribution >= 4 is 0 Å². The van der Waals surface area contributed by atoms with Gasteiger partial charge in [0.2, 0.25) is 0 Å². The molecule has 0 unspecified atom stereocenters. The first kappa shape index (κ1) is 11.8. The summed E-state index contributed by atoms with van der Waals surface area (Å²) in [7, 11) is 0. The van der Waals surface area contributed by atoms with E-state index >= 15 is 0 Å². The molecule has 4 bridgehead atoms. The third-order valence-electron chi connectivity index (χ3n) is 6.78. The van der Waals surface area contributed by atoms with Crippen LogP contribution >= 0.6 is 0 Å². The minimum absolute atomic E-state index is 0.526. The SMILES string of the molecule is NC1CCC(CC23CC4CC(CC(C4)C2)C3)CC1. The molecule has 0 aromatic heterocycles. The van der Waals surface area contributed by atoms with Gasteiger partial charge in [0.05, 0.1) is 0 Å². The number of hydrogen-bond acceptors (Lipinski definition) is 1. The van der Waals surface area contributed by atoms with Crippen LogP contribution in [0.3, 0.4) is 0 Å². The number of nitrogens with two attached hydrogens (primary N) is 1. The topological polar surface area (TPSA) is 26.0 Å². The fourth-order valence-corrected chi connectivity index (χ4v) is 6.54. The summed E-state index contributed by atoms with van der Waals surface area (Å²) in [5.74, 6) is 4.41. The van der Waals surface area contributed by atoms with E-state index in [1.54, 1.807) is 44.9 Å².